The van der Waals surface area contributed by atoms with Crippen LogP contribution < -0.4 is 5.32 Å². The van der Waals surface area contributed by atoms with Crippen molar-refractivity contribution in [3.8, 4) is 11.8 Å². The van der Waals surface area contributed by atoms with Crippen LogP contribution >= 0.6 is 11.6 Å². The number of aliphatic hydroxyl groups is 1. The lowest BCUT2D eigenvalue weighted by Gasteiger charge is -2.08. The first-order valence-electron chi connectivity index (χ1n) is 6.94. The molecule has 0 unspecified atom stereocenters. The number of ether oxygens (including phenoxy) is 1. The molecule has 0 saturated carbocycles. The second-order valence-electron chi connectivity index (χ2n) is 4.38. The predicted molar refractivity (Wildman–Crippen MR) is 84.4 cm³/mol. The molecule has 0 heterocycles. The van der Waals surface area contributed by atoms with Gasteiger partial charge in [-0.05, 0) is 24.6 Å². The summed E-state index contributed by atoms with van der Waals surface area (Å²) in [6, 6.07) is 5.12. The molecule has 1 amide bonds. The van der Waals surface area contributed by atoms with Gasteiger partial charge in [-0.3, -0.25) is 4.79 Å². The third-order valence-corrected chi connectivity index (χ3v) is 2.77. The molecule has 2 N–H and O–H groups in total. The highest BCUT2D eigenvalue weighted by Crippen LogP contribution is 2.20. The van der Waals surface area contributed by atoms with Gasteiger partial charge >= 0.3 is 0 Å². The number of rotatable bonds is 7. The van der Waals surface area contributed by atoms with Gasteiger partial charge in [0, 0.05) is 23.6 Å². The molecule has 1 aromatic rings. The number of carbonyl (C=O) groups excluding carboxylic acids is 1. The number of amides is 1. The largest absolute Gasteiger partial charge is 0.395 e. The van der Waals surface area contributed by atoms with Crippen LogP contribution in [0.4, 0.5) is 5.69 Å². The number of hydrogen-bond acceptors (Lipinski definition) is 3. The van der Waals surface area contributed by atoms with Gasteiger partial charge in [0.2, 0.25) is 5.91 Å². The van der Waals surface area contributed by atoms with Crippen molar-refractivity contribution in [3.05, 3.63) is 28.8 Å². The van der Waals surface area contributed by atoms with Crippen LogP contribution in [0, 0.1) is 11.8 Å². The number of nitrogens with one attached hydrogen (secondary N) is 1. The van der Waals surface area contributed by atoms with Gasteiger partial charge in [0.25, 0.3) is 0 Å². The van der Waals surface area contributed by atoms with Crippen molar-refractivity contribution in [3.63, 3.8) is 0 Å². The van der Waals surface area contributed by atoms with Crippen molar-refractivity contribution in [1.82, 2.24) is 0 Å². The fraction of sp³-hybridized carbons (Fsp3) is 0.438. The molecule has 0 radical (unpaired) electrons. The van der Waals surface area contributed by atoms with E-state index in [4.69, 9.17) is 21.4 Å². The second-order valence-corrected chi connectivity index (χ2v) is 4.81. The zero-order valence-electron chi connectivity index (χ0n) is 12.1. The third-order valence-electron chi connectivity index (χ3n) is 2.54. The van der Waals surface area contributed by atoms with Crippen LogP contribution in [0.1, 0.15) is 31.7 Å². The number of hydrogen-bond donors (Lipinski definition) is 2. The summed E-state index contributed by atoms with van der Waals surface area (Å²) in [5.74, 6) is 5.59. The highest BCUT2D eigenvalue weighted by atomic mass is 35.5. The Balaban J connectivity index is 2.66. The smallest absolute Gasteiger partial charge is 0.226 e. The van der Waals surface area contributed by atoms with E-state index in [0.717, 1.165) is 6.42 Å². The van der Waals surface area contributed by atoms with Gasteiger partial charge in [0.05, 0.1) is 25.3 Å². The summed E-state index contributed by atoms with van der Waals surface area (Å²) in [5.41, 5.74) is 1.25. The maximum Gasteiger partial charge on any atom is 0.226 e. The molecule has 0 spiro atoms. The van der Waals surface area contributed by atoms with Crippen molar-refractivity contribution in [1.29, 1.82) is 0 Å². The van der Waals surface area contributed by atoms with E-state index in [1.54, 1.807) is 18.2 Å². The van der Waals surface area contributed by atoms with Crippen LogP contribution in [-0.2, 0) is 9.53 Å². The lowest BCUT2D eigenvalue weighted by Crippen LogP contribution is -2.15. The van der Waals surface area contributed by atoms with E-state index in [-0.39, 0.29) is 18.9 Å². The van der Waals surface area contributed by atoms with Crippen molar-refractivity contribution < 1.29 is 14.6 Å². The lowest BCUT2D eigenvalue weighted by atomic mass is 10.1. The molecule has 0 aromatic heterocycles. The van der Waals surface area contributed by atoms with Gasteiger partial charge in [0.15, 0.2) is 0 Å². The van der Waals surface area contributed by atoms with E-state index in [1.165, 1.54) is 0 Å². The number of halogens is 1. The SMILES string of the molecule is CCCOCCC(=O)Nc1cc(Cl)ccc1C#CCCO. The molecule has 0 atom stereocenters. The molecule has 114 valence electrons. The number of anilines is 1. The lowest BCUT2D eigenvalue weighted by molar-refractivity contribution is -0.117. The first-order chi connectivity index (χ1) is 10.2. The molecule has 21 heavy (non-hydrogen) atoms. The van der Waals surface area contributed by atoms with Crippen molar-refractivity contribution in [2.45, 2.75) is 26.2 Å². The van der Waals surface area contributed by atoms with Crippen molar-refractivity contribution >= 4 is 23.2 Å². The summed E-state index contributed by atoms with van der Waals surface area (Å²) in [4.78, 5) is 11.8. The molecule has 4 nitrogen and oxygen atoms in total. The van der Waals surface area contributed by atoms with Gasteiger partial charge in [-0.15, -0.1) is 0 Å². The fourth-order valence-electron chi connectivity index (χ4n) is 1.57. The third kappa shape index (κ3) is 7.14. The Labute approximate surface area is 130 Å². The molecule has 0 aliphatic rings. The van der Waals surface area contributed by atoms with Gasteiger partial charge in [-0.1, -0.05) is 30.4 Å². The Morgan fingerprint density at radius 3 is 2.95 bits per heavy atom. The summed E-state index contributed by atoms with van der Waals surface area (Å²) >= 11 is 5.94. The van der Waals surface area contributed by atoms with Gasteiger partial charge in [0.1, 0.15) is 0 Å². The van der Waals surface area contributed by atoms with Crippen molar-refractivity contribution in [2.24, 2.45) is 0 Å². The predicted octanol–water partition coefficient (Wildman–Crippen LogP) is 2.83. The van der Waals surface area contributed by atoms with Gasteiger partial charge < -0.3 is 15.2 Å². The minimum atomic E-state index is -0.140. The normalized spacial score (nSPS) is 9.86. The van der Waals surface area contributed by atoms with Crippen LogP contribution in [-0.4, -0.2) is 30.8 Å². The molecular weight excluding hydrogens is 290 g/mol. The fourth-order valence-corrected chi connectivity index (χ4v) is 1.74. The molecule has 0 aliphatic carbocycles. The van der Waals surface area contributed by atoms with E-state index in [1.807, 2.05) is 6.92 Å². The molecule has 1 rings (SSSR count). The Morgan fingerprint density at radius 1 is 1.43 bits per heavy atom. The van der Waals surface area contributed by atoms with Crippen LogP contribution in [0.2, 0.25) is 5.02 Å². The van der Waals surface area contributed by atoms with Crippen LogP contribution in [0.5, 0.6) is 0 Å². The zero-order chi connectivity index (χ0) is 15.5. The first-order valence-corrected chi connectivity index (χ1v) is 7.32. The standard InChI is InChI=1S/C16H20ClNO3/c1-2-10-21-11-8-16(20)18-15-12-14(17)7-6-13(15)5-3-4-9-19/h6-7,12,19H,2,4,8-11H2,1H3,(H,18,20). The topological polar surface area (TPSA) is 58.6 Å². The Kier molecular flexibility index (Phi) is 8.53. The summed E-state index contributed by atoms with van der Waals surface area (Å²) < 4.78 is 5.28. The minimum absolute atomic E-state index is 0.0110. The Bertz CT molecular complexity index is 520. The van der Waals surface area contributed by atoms with E-state index >= 15 is 0 Å². The molecule has 0 fully saturated rings. The highest BCUT2D eigenvalue weighted by Gasteiger charge is 2.06. The Morgan fingerprint density at radius 2 is 2.24 bits per heavy atom. The Hall–Kier alpha value is -1.54. The summed E-state index contributed by atoms with van der Waals surface area (Å²) in [5, 5.41) is 12.1. The van der Waals surface area contributed by atoms with Gasteiger partial charge in [-0.25, -0.2) is 0 Å². The molecule has 0 bridgehead atoms. The average molecular weight is 310 g/mol. The second kappa shape index (κ2) is 10.2. The van der Waals surface area contributed by atoms with E-state index in [9.17, 15) is 4.79 Å². The van der Waals surface area contributed by atoms with Crippen molar-refractivity contribution in [2.75, 3.05) is 25.1 Å². The zero-order valence-corrected chi connectivity index (χ0v) is 12.9. The van der Waals surface area contributed by atoms with Gasteiger partial charge in [-0.2, -0.15) is 0 Å². The summed E-state index contributed by atoms with van der Waals surface area (Å²) in [6.45, 7) is 3.08. The monoisotopic (exact) mass is 309 g/mol. The van der Waals surface area contributed by atoms with Crippen LogP contribution in [0.25, 0.3) is 0 Å². The number of aliphatic hydroxyl groups excluding tert-OH is 1. The summed E-state index contributed by atoms with van der Waals surface area (Å²) in [6.07, 6.45) is 1.61. The maximum atomic E-state index is 11.8. The van der Waals surface area contributed by atoms with E-state index in [0.29, 0.717) is 35.9 Å². The average Bonchev–Trinajstić information content (AvgIpc) is 2.46. The molecule has 0 saturated heterocycles. The van der Waals surface area contributed by atoms with E-state index < -0.39 is 0 Å². The molecule has 5 heteroatoms. The minimum Gasteiger partial charge on any atom is -0.395 e. The number of carbonyl (C=O) groups is 1. The highest BCUT2D eigenvalue weighted by molar-refractivity contribution is 6.31. The molecule has 1 aromatic carbocycles. The van der Waals surface area contributed by atoms with Crippen LogP contribution in [0.15, 0.2) is 18.2 Å². The number of benzene rings is 1. The maximum absolute atomic E-state index is 11.8. The summed E-state index contributed by atoms with van der Waals surface area (Å²) in [7, 11) is 0. The molecular formula is C16H20ClNO3. The first kappa shape index (κ1) is 17.5. The molecule has 0 aliphatic heterocycles. The van der Waals surface area contributed by atoms with E-state index in [2.05, 4.69) is 17.2 Å². The quantitative estimate of drug-likeness (QED) is 0.601. The van der Waals surface area contributed by atoms with Crippen LogP contribution in [0.3, 0.4) is 0 Å².